The summed E-state index contributed by atoms with van der Waals surface area (Å²) in [6, 6.07) is 0. The van der Waals surface area contributed by atoms with Gasteiger partial charge in [0.15, 0.2) is 0 Å². The van der Waals surface area contributed by atoms with Crippen LogP contribution in [0.3, 0.4) is 0 Å². The molecule has 0 aromatic carbocycles. The second-order valence-electron chi connectivity index (χ2n) is 3.67. The molecule has 0 aliphatic heterocycles. The molecule has 0 saturated heterocycles. The van der Waals surface area contributed by atoms with Gasteiger partial charge in [-0.25, -0.2) is 4.39 Å². The van der Waals surface area contributed by atoms with Crippen LogP contribution < -0.4 is 0 Å². The molecule has 0 bridgehead atoms. The minimum atomic E-state index is -1.03. The summed E-state index contributed by atoms with van der Waals surface area (Å²) < 4.78 is 13.3. The monoisotopic (exact) mass is 146 g/mol. The summed E-state index contributed by atoms with van der Waals surface area (Å²) in [5.41, 5.74) is -1.03. The first-order valence-corrected chi connectivity index (χ1v) is 3.86. The molecule has 1 saturated carbocycles. The number of hydrogen-bond acceptors (Lipinski definition) is 1. The SMILES string of the molecule is C[C@@H]1C[C@H](CO)C[C@@]1(C)F. The van der Waals surface area contributed by atoms with Crippen LogP contribution >= 0.6 is 0 Å². The van der Waals surface area contributed by atoms with Crippen molar-refractivity contribution >= 4 is 0 Å². The molecule has 1 aliphatic carbocycles. The van der Waals surface area contributed by atoms with Gasteiger partial charge in [0.05, 0.1) is 0 Å². The lowest BCUT2D eigenvalue weighted by atomic mass is 9.97. The highest BCUT2D eigenvalue weighted by atomic mass is 19.1. The van der Waals surface area contributed by atoms with E-state index in [1.54, 1.807) is 6.92 Å². The van der Waals surface area contributed by atoms with Gasteiger partial charge in [-0.2, -0.15) is 0 Å². The van der Waals surface area contributed by atoms with Gasteiger partial charge >= 0.3 is 0 Å². The molecule has 1 rings (SSSR count). The van der Waals surface area contributed by atoms with Crippen molar-refractivity contribution in [2.24, 2.45) is 11.8 Å². The fourth-order valence-corrected chi connectivity index (χ4v) is 1.73. The summed E-state index contributed by atoms with van der Waals surface area (Å²) in [5, 5.41) is 8.75. The van der Waals surface area contributed by atoms with Crippen LogP contribution in [0.2, 0.25) is 0 Å². The van der Waals surface area contributed by atoms with E-state index in [9.17, 15) is 4.39 Å². The largest absolute Gasteiger partial charge is 0.396 e. The van der Waals surface area contributed by atoms with Crippen LogP contribution in [0.15, 0.2) is 0 Å². The third-order valence-electron chi connectivity index (χ3n) is 2.66. The molecular formula is C8H15FO. The van der Waals surface area contributed by atoms with Crippen LogP contribution in [0.4, 0.5) is 4.39 Å². The second kappa shape index (κ2) is 2.50. The predicted molar refractivity (Wildman–Crippen MR) is 38.5 cm³/mol. The Labute approximate surface area is 61.2 Å². The molecule has 1 N–H and O–H groups in total. The number of alkyl halides is 1. The van der Waals surface area contributed by atoms with Gasteiger partial charge in [-0.15, -0.1) is 0 Å². The standard InChI is InChI=1S/C8H15FO/c1-6-3-7(5-10)4-8(6,2)9/h6-7,10H,3-5H2,1-2H3/t6-,7+,8-/m1/s1. The smallest absolute Gasteiger partial charge is 0.111 e. The molecule has 10 heavy (non-hydrogen) atoms. The van der Waals surface area contributed by atoms with Crippen molar-refractivity contribution in [1.82, 2.24) is 0 Å². The van der Waals surface area contributed by atoms with Gasteiger partial charge < -0.3 is 5.11 Å². The van der Waals surface area contributed by atoms with Crippen LogP contribution in [-0.4, -0.2) is 17.4 Å². The van der Waals surface area contributed by atoms with E-state index < -0.39 is 5.67 Å². The summed E-state index contributed by atoms with van der Waals surface area (Å²) in [6.07, 6.45) is 1.37. The first kappa shape index (κ1) is 7.99. The normalized spacial score (nSPS) is 48.0. The van der Waals surface area contributed by atoms with E-state index >= 15 is 0 Å². The summed E-state index contributed by atoms with van der Waals surface area (Å²) in [4.78, 5) is 0. The van der Waals surface area contributed by atoms with Crippen molar-refractivity contribution in [2.45, 2.75) is 32.4 Å². The topological polar surface area (TPSA) is 20.2 Å². The molecule has 0 radical (unpaired) electrons. The molecule has 2 heteroatoms. The Morgan fingerprint density at radius 1 is 1.70 bits per heavy atom. The lowest BCUT2D eigenvalue weighted by Gasteiger charge is -2.17. The summed E-state index contributed by atoms with van der Waals surface area (Å²) in [5.74, 6) is 0.314. The molecular weight excluding hydrogens is 131 g/mol. The number of aliphatic hydroxyl groups is 1. The summed E-state index contributed by atoms with van der Waals surface area (Å²) >= 11 is 0. The molecule has 0 heterocycles. The molecule has 0 amide bonds. The third-order valence-corrected chi connectivity index (χ3v) is 2.66. The first-order chi connectivity index (χ1) is 4.56. The lowest BCUT2D eigenvalue weighted by Crippen LogP contribution is -2.20. The summed E-state index contributed by atoms with van der Waals surface area (Å²) in [6.45, 7) is 3.69. The average Bonchev–Trinajstić information content (AvgIpc) is 2.08. The zero-order chi connectivity index (χ0) is 7.78. The Hall–Kier alpha value is -0.110. The predicted octanol–water partition coefficient (Wildman–Crippen LogP) is 1.75. The van der Waals surface area contributed by atoms with Crippen LogP contribution in [0, 0.1) is 11.8 Å². The molecule has 0 aromatic rings. The Morgan fingerprint density at radius 3 is 2.50 bits per heavy atom. The highest BCUT2D eigenvalue weighted by molar-refractivity contribution is 4.90. The van der Waals surface area contributed by atoms with Crippen molar-refractivity contribution in [3.05, 3.63) is 0 Å². The Bertz CT molecular complexity index is 122. The van der Waals surface area contributed by atoms with Gasteiger partial charge in [-0.3, -0.25) is 0 Å². The molecule has 60 valence electrons. The molecule has 3 atom stereocenters. The van der Waals surface area contributed by atoms with Crippen molar-refractivity contribution < 1.29 is 9.50 Å². The van der Waals surface area contributed by atoms with E-state index in [2.05, 4.69) is 0 Å². The number of hydrogen-bond donors (Lipinski definition) is 1. The van der Waals surface area contributed by atoms with E-state index in [-0.39, 0.29) is 18.4 Å². The lowest BCUT2D eigenvalue weighted by molar-refractivity contribution is 0.136. The Kier molecular flexibility index (Phi) is 1.99. The maximum atomic E-state index is 13.3. The Balaban J connectivity index is 2.53. The van der Waals surface area contributed by atoms with Crippen LogP contribution in [-0.2, 0) is 0 Å². The molecule has 1 fully saturated rings. The van der Waals surface area contributed by atoms with Gasteiger partial charge in [0.25, 0.3) is 0 Å². The number of halogens is 1. The van der Waals surface area contributed by atoms with Gasteiger partial charge in [0, 0.05) is 6.61 Å². The summed E-state index contributed by atoms with van der Waals surface area (Å²) in [7, 11) is 0. The van der Waals surface area contributed by atoms with Gasteiger partial charge in [0.1, 0.15) is 5.67 Å². The van der Waals surface area contributed by atoms with E-state index in [0.717, 1.165) is 6.42 Å². The van der Waals surface area contributed by atoms with Crippen molar-refractivity contribution in [3.63, 3.8) is 0 Å². The fraction of sp³-hybridized carbons (Fsp3) is 1.00. The zero-order valence-corrected chi connectivity index (χ0v) is 6.60. The highest BCUT2D eigenvalue weighted by Gasteiger charge is 2.40. The van der Waals surface area contributed by atoms with Crippen molar-refractivity contribution in [3.8, 4) is 0 Å². The van der Waals surface area contributed by atoms with Crippen LogP contribution in [0.1, 0.15) is 26.7 Å². The van der Waals surface area contributed by atoms with Gasteiger partial charge in [-0.05, 0) is 31.6 Å². The van der Waals surface area contributed by atoms with E-state index in [1.165, 1.54) is 0 Å². The molecule has 0 aromatic heterocycles. The molecule has 0 unspecified atom stereocenters. The maximum absolute atomic E-state index is 13.3. The van der Waals surface area contributed by atoms with Crippen LogP contribution in [0.5, 0.6) is 0 Å². The minimum absolute atomic E-state index is 0.115. The maximum Gasteiger partial charge on any atom is 0.111 e. The quantitative estimate of drug-likeness (QED) is 0.597. The third kappa shape index (κ3) is 1.31. The van der Waals surface area contributed by atoms with Crippen molar-refractivity contribution in [2.75, 3.05) is 6.61 Å². The molecule has 0 spiro atoms. The number of rotatable bonds is 1. The van der Waals surface area contributed by atoms with E-state index in [0.29, 0.717) is 6.42 Å². The van der Waals surface area contributed by atoms with Gasteiger partial charge in [0.2, 0.25) is 0 Å². The van der Waals surface area contributed by atoms with Crippen molar-refractivity contribution in [1.29, 1.82) is 0 Å². The second-order valence-corrected chi connectivity index (χ2v) is 3.67. The minimum Gasteiger partial charge on any atom is -0.396 e. The molecule has 1 nitrogen and oxygen atoms in total. The number of aliphatic hydroxyl groups excluding tert-OH is 1. The Morgan fingerprint density at radius 2 is 2.30 bits per heavy atom. The van der Waals surface area contributed by atoms with E-state index in [4.69, 9.17) is 5.11 Å². The van der Waals surface area contributed by atoms with Crippen LogP contribution in [0.25, 0.3) is 0 Å². The average molecular weight is 146 g/mol. The molecule has 1 aliphatic rings. The fourth-order valence-electron chi connectivity index (χ4n) is 1.73. The zero-order valence-electron chi connectivity index (χ0n) is 6.60. The van der Waals surface area contributed by atoms with Gasteiger partial charge in [-0.1, -0.05) is 6.92 Å². The van der Waals surface area contributed by atoms with E-state index in [1.807, 2.05) is 6.92 Å². The first-order valence-electron chi connectivity index (χ1n) is 3.86. The highest BCUT2D eigenvalue weighted by Crippen LogP contribution is 2.41.